The average Bonchev–Trinajstić information content (AvgIpc) is 3.03. The molecule has 1 amide bonds. The molecule has 126 valence electrons. The number of nitrogens with one attached hydrogen (secondary N) is 1. The number of carbonyl (C=O) groups excluding carboxylic acids is 1. The number of aromatic nitrogens is 2. The number of hydrogen-bond acceptors (Lipinski definition) is 4. The number of benzene rings is 2. The molecular formula is C18H13Cl2N3OS. The van der Waals surface area contributed by atoms with Crippen molar-refractivity contribution in [2.45, 2.75) is 6.42 Å². The molecule has 1 heterocycles. The molecule has 1 N–H and O–H groups in total. The lowest BCUT2D eigenvalue weighted by atomic mass is 10.2. The summed E-state index contributed by atoms with van der Waals surface area (Å²) in [5, 5.41) is 13.4. The number of hydrogen-bond donors (Lipinski definition) is 1. The Balaban J connectivity index is 1.57. The van der Waals surface area contributed by atoms with E-state index in [0.717, 1.165) is 16.1 Å². The van der Waals surface area contributed by atoms with E-state index in [1.54, 1.807) is 18.2 Å². The molecule has 0 spiro atoms. The molecular weight excluding hydrogens is 377 g/mol. The topological polar surface area (TPSA) is 54.9 Å². The van der Waals surface area contributed by atoms with Crippen molar-refractivity contribution in [1.82, 2.24) is 10.2 Å². The van der Waals surface area contributed by atoms with Gasteiger partial charge >= 0.3 is 0 Å². The molecule has 0 radical (unpaired) electrons. The summed E-state index contributed by atoms with van der Waals surface area (Å²) in [6.45, 7) is 0. The summed E-state index contributed by atoms with van der Waals surface area (Å²) in [5.41, 5.74) is 1.97. The summed E-state index contributed by atoms with van der Waals surface area (Å²) < 4.78 is 0. The van der Waals surface area contributed by atoms with Crippen LogP contribution in [-0.2, 0) is 11.2 Å². The molecule has 1 aromatic heterocycles. The lowest BCUT2D eigenvalue weighted by Gasteiger charge is -1.97. The van der Waals surface area contributed by atoms with Crippen molar-refractivity contribution >= 4 is 51.7 Å². The van der Waals surface area contributed by atoms with E-state index in [0.29, 0.717) is 21.6 Å². The van der Waals surface area contributed by atoms with Crippen molar-refractivity contribution < 1.29 is 4.79 Å². The van der Waals surface area contributed by atoms with Crippen LogP contribution in [0.3, 0.4) is 0 Å². The molecule has 2 aromatic carbocycles. The van der Waals surface area contributed by atoms with E-state index in [9.17, 15) is 4.79 Å². The Bertz CT molecular complexity index is 889. The largest absolute Gasteiger partial charge is 0.297 e. The van der Waals surface area contributed by atoms with Gasteiger partial charge in [-0.2, -0.15) is 0 Å². The molecule has 25 heavy (non-hydrogen) atoms. The maximum atomic E-state index is 12.0. The zero-order valence-electron chi connectivity index (χ0n) is 12.9. The normalized spacial score (nSPS) is 11.0. The summed E-state index contributed by atoms with van der Waals surface area (Å²) in [6, 6.07) is 14.8. The molecule has 0 aliphatic carbocycles. The van der Waals surface area contributed by atoms with E-state index in [1.165, 1.54) is 17.4 Å². The molecule has 3 aromatic rings. The number of carbonyl (C=O) groups is 1. The highest BCUT2D eigenvalue weighted by Crippen LogP contribution is 2.20. The third-order valence-electron chi connectivity index (χ3n) is 3.26. The van der Waals surface area contributed by atoms with Gasteiger partial charge in [0.15, 0.2) is 0 Å². The van der Waals surface area contributed by atoms with Crippen LogP contribution >= 0.6 is 34.5 Å². The Labute approximate surface area is 159 Å². The first-order chi connectivity index (χ1) is 12.1. The van der Waals surface area contributed by atoms with Gasteiger partial charge in [0.1, 0.15) is 5.01 Å². The first kappa shape index (κ1) is 17.6. The van der Waals surface area contributed by atoms with Crippen molar-refractivity contribution in [2.24, 2.45) is 0 Å². The van der Waals surface area contributed by atoms with Crippen LogP contribution < -0.4 is 5.32 Å². The Kier molecular flexibility index (Phi) is 5.81. The van der Waals surface area contributed by atoms with Crippen LogP contribution in [0.2, 0.25) is 10.0 Å². The first-order valence-corrected chi connectivity index (χ1v) is 8.97. The minimum Gasteiger partial charge on any atom is -0.297 e. The van der Waals surface area contributed by atoms with Gasteiger partial charge in [-0.15, -0.1) is 10.2 Å². The van der Waals surface area contributed by atoms with Crippen LogP contribution in [0.1, 0.15) is 16.1 Å². The Morgan fingerprint density at radius 1 is 1.00 bits per heavy atom. The monoisotopic (exact) mass is 389 g/mol. The number of anilines is 1. The predicted octanol–water partition coefficient (Wildman–Crippen LogP) is 5.09. The summed E-state index contributed by atoms with van der Waals surface area (Å²) >= 11 is 13.0. The number of amides is 1. The highest BCUT2D eigenvalue weighted by molar-refractivity contribution is 7.15. The second-order valence-corrected chi connectivity index (χ2v) is 7.11. The highest BCUT2D eigenvalue weighted by atomic mass is 35.5. The molecule has 0 aliphatic heterocycles. The summed E-state index contributed by atoms with van der Waals surface area (Å²) in [5.74, 6) is -0.260. The summed E-state index contributed by atoms with van der Waals surface area (Å²) in [4.78, 5) is 12.0. The molecule has 4 nitrogen and oxygen atoms in total. The van der Waals surface area contributed by atoms with E-state index in [4.69, 9.17) is 23.2 Å². The maximum absolute atomic E-state index is 12.0. The van der Waals surface area contributed by atoms with E-state index < -0.39 is 0 Å². The van der Waals surface area contributed by atoms with Gasteiger partial charge in [-0.1, -0.05) is 58.8 Å². The van der Waals surface area contributed by atoms with E-state index in [-0.39, 0.29) is 5.91 Å². The number of nitrogens with zero attached hydrogens (tertiary/aromatic N) is 2. The molecule has 0 aliphatic rings. The third-order valence-corrected chi connectivity index (χ3v) is 4.61. The maximum Gasteiger partial charge on any atom is 0.250 e. The fraction of sp³-hybridized carbons (Fsp3) is 0.0556. The number of rotatable bonds is 5. The van der Waals surface area contributed by atoms with Crippen LogP contribution in [0, 0.1) is 0 Å². The van der Waals surface area contributed by atoms with Gasteiger partial charge < -0.3 is 0 Å². The molecule has 0 unspecified atom stereocenters. The van der Waals surface area contributed by atoms with E-state index >= 15 is 0 Å². The lowest BCUT2D eigenvalue weighted by Crippen LogP contribution is -2.07. The zero-order chi connectivity index (χ0) is 17.6. The van der Waals surface area contributed by atoms with Gasteiger partial charge in [-0.25, -0.2) is 0 Å². The Morgan fingerprint density at radius 2 is 1.64 bits per heavy atom. The van der Waals surface area contributed by atoms with Crippen molar-refractivity contribution in [3.63, 3.8) is 0 Å². The highest BCUT2D eigenvalue weighted by Gasteiger charge is 2.07. The van der Waals surface area contributed by atoms with Gasteiger partial charge in [-0.05, 0) is 41.5 Å². The molecule has 0 atom stereocenters. The minimum atomic E-state index is -0.260. The van der Waals surface area contributed by atoms with Gasteiger partial charge in [0, 0.05) is 22.5 Å². The molecule has 0 saturated heterocycles. The fourth-order valence-corrected chi connectivity index (χ4v) is 3.07. The average molecular weight is 390 g/mol. The molecule has 0 saturated carbocycles. The Hall–Kier alpha value is -2.21. The first-order valence-electron chi connectivity index (χ1n) is 7.40. The van der Waals surface area contributed by atoms with Crippen molar-refractivity contribution in [1.29, 1.82) is 0 Å². The predicted molar refractivity (Wildman–Crippen MR) is 103 cm³/mol. The molecule has 0 fully saturated rings. The number of halogens is 2. The smallest absolute Gasteiger partial charge is 0.250 e. The van der Waals surface area contributed by atoms with Gasteiger partial charge in [0.05, 0.1) is 0 Å². The van der Waals surface area contributed by atoms with Crippen LogP contribution in [0.25, 0.3) is 6.08 Å². The summed E-state index contributed by atoms with van der Waals surface area (Å²) in [6.07, 6.45) is 3.80. The molecule has 3 rings (SSSR count). The quantitative estimate of drug-likeness (QED) is 0.618. The zero-order valence-corrected chi connectivity index (χ0v) is 15.3. The molecule has 0 bridgehead atoms. The van der Waals surface area contributed by atoms with Crippen LogP contribution in [0.15, 0.2) is 54.6 Å². The third kappa shape index (κ3) is 5.39. The minimum absolute atomic E-state index is 0.260. The van der Waals surface area contributed by atoms with E-state index in [1.807, 2.05) is 36.4 Å². The van der Waals surface area contributed by atoms with Gasteiger partial charge in [0.25, 0.3) is 0 Å². The van der Waals surface area contributed by atoms with Crippen LogP contribution in [0.5, 0.6) is 0 Å². The standard InChI is InChI=1S/C18H13Cl2N3OS/c19-14-6-1-12(2-7-14)5-10-16(24)21-18-23-22-17(25-18)11-13-3-8-15(20)9-4-13/h1-10H,11H2,(H,21,23,24). The fourth-order valence-electron chi connectivity index (χ4n) is 2.05. The van der Waals surface area contributed by atoms with Crippen molar-refractivity contribution in [2.75, 3.05) is 5.32 Å². The van der Waals surface area contributed by atoms with Crippen molar-refractivity contribution in [3.8, 4) is 0 Å². The second-order valence-electron chi connectivity index (χ2n) is 5.18. The van der Waals surface area contributed by atoms with E-state index in [2.05, 4.69) is 15.5 Å². The van der Waals surface area contributed by atoms with Crippen molar-refractivity contribution in [3.05, 3.63) is 80.8 Å². The second kappa shape index (κ2) is 8.25. The SMILES string of the molecule is O=C(C=Cc1ccc(Cl)cc1)Nc1nnc(Cc2ccc(Cl)cc2)s1. The van der Waals surface area contributed by atoms with Gasteiger partial charge in [-0.3, -0.25) is 10.1 Å². The lowest BCUT2D eigenvalue weighted by molar-refractivity contribution is -0.111. The molecule has 7 heteroatoms. The van der Waals surface area contributed by atoms with Gasteiger partial charge in [0.2, 0.25) is 11.0 Å². The summed E-state index contributed by atoms with van der Waals surface area (Å²) in [7, 11) is 0. The van der Waals surface area contributed by atoms with Crippen LogP contribution in [0.4, 0.5) is 5.13 Å². The Morgan fingerprint density at radius 3 is 2.32 bits per heavy atom. The van der Waals surface area contributed by atoms with Crippen LogP contribution in [-0.4, -0.2) is 16.1 Å².